The molecule has 0 saturated heterocycles. The van der Waals surface area contributed by atoms with Crippen molar-refractivity contribution in [1.29, 1.82) is 5.41 Å². The summed E-state index contributed by atoms with van der Waals surface area (Å²) < 4.78 is 5.77. The van der Waals surface area contributed by atoms with Crippen molar-refractivity contribution in [2.45, 2.75) is 13.8 Å². The monoisotopic (exact) mass is 241 g/mol. The maximum absolute atomic E-state index is 7.57. The molecule has 0 aliphatic heterocycles. The second-order valence-electron chi connectivity index (χ2n) is 4.10. The lowest BCUT2D eigenvalue weighted by atomic mass is 10.1. The number of aromatic nitrogens is 1. The minimum atomic E-state index is -0.00440. The van der Waals surface area contributed by atoms with E-state index in [4.69, 9.17) is 15.9 Å². The molecule has 0 fully saturated rings. The number of amidine groups is 1. The zero-order valence-corrected chi connectivity index (χ0v) is 10.4. The van der Waals surface area contributed by atoms with Crippen LogP contribution >= 0.6 is 0 Å². The highest BCUT2D eigenvalue weighted by molar-refractivity contribution is 5.97. The topological polar surface area (TPSA) is 72.0 Å². The van der Waals surface area contributed by atoms with Gasteiger partial charge in [-0.15, -0.1) is 0 Å². The maximum atomic E-state index is 7.57. The first-order valence-electron chi connectivity index (χ1n) is 5.62. The largest absolute Gasteiger partial charge is 0.455 e. The smallest absolute Gasteiger partial charge is 0.148 e. The summed E-state index contributed by atoms with van der Waals surface area (Å²) in [4.78, 5) is 4.16. The Morgan fingerprint density at radius 3 is 2.67 bits per heavy atom. The quantitative estimate of drug-likeness (QED) is 0.641. The summed E-state index contributed by atoms with van der Waals surface area (Å²) in [6, 6.07) is 9.23. The Hall–Kier alpha value is -2.36. The van der Waals surface area contributed by atoms with Gasteiger partial charge in [0.2, 0.25) is 0 Å². The predicted octanol–water partition coefficient (Wildman–Crippen LogP) is 2.77. The van der Waals surface area contributed by atoms with E-state index in [9.17, 15) is 0 Å². The Morgan fingerprint density at radius 1 is 1.22 bits per heavy atom. The summed E-state index contributed by atoms with van der Waals surface area (Å²) >= 11 is 0. The summed E-state index contributed by atoms with van der Waals surface area (Å²) in [6.07, 6.45) is 1.71. The van der Waals surface area contributed by atoms with E-state index < -0.39 is 0 Å². The van der Waals surface area contributed by atoms with Crippen molar-refractivity contribution < 1.29 is 4.74 Å². The summed E-state index contributed by atoms with van der Waals surface area (Å²) in [5, 5.41) is 7.57. The van der Waals surface area contributed by atoms with Gasteiger partial charge in [0.05, 0.1) is 11.3 Å². The third-order valence-corrected chi connectivity index (χ3v) is 2.60. The fraction of sp³-hybridized carbons (Fsp3) is 0.143. The number of nitrogens with two attached hydrogens (primary N) is 1. The van der Waals surface area contributed by atoms with Crippen LogP contribution in [0.3, 0.4) is 0 Å². The fourth-order valence-corrected chi connectivity index (χ4v) is 1.64. The summed E-state index contributed by atoms with van der Waals surface area (Å²) in [7, 11) is 0. The highest BCUT2D eigenvalue weighted by Gasteiger charge is 2.09. The first kappa shape index (κ1) is 12.1. The number of benzene rings is 1. The molecule has 0 atom stereocenters. The molecule has 0 unspecified atom stereocenters. The average Bonchev–Trinajstić information content (AvgIpc) is 2.34. The highest BCUT2D eigenvalue weighted by atomic mass is 16.5. The van der Waals surface area contributed by atoms with Crippen molar-refractivity contribution in [3.8, 4) is 11.5 Å². The van der Waals surface area contributed by atoms with Gasteiger partial charge in [0.25, 0.3) is 0 Å². The van der Waals surface area contributed by atoms with Gasteiger partial charge in [-0.25, -0.2) is 0 Å². The summed E-state index contributed by atoms with van der Waals surface area (Å²) in [5.41, 5.74) is 7.99. The van der Waals surface area contributed by atoms with E-state index in [0.29, 0.717) is 17.1 Å². The second kappa shape index (κ2) is 4.87. The van der Waals surface area contributed by atoms with Crippen molar-refractivity contribution >= 4 is 5.84 Å². The van der Waals surface area contributed by atoms with Gasteiger partial charge in [0, 0.05) is 6.20 Å². The van der Waals surface area contributed by atoms with Gasteiger partial charge in [-0.3, -0.25) is 10.4 Å². The van der Waals surface area contributed by atoms with E-state index >= 15 is 0 Å². The molecule has 1 heterocycles. The van der Waals surface area contributed by atoms with Gasteiger partial charge in [-0.05, 0) is 38.1 Å². The molecule has 18 heavy (non-hydrogen) atoms. The Bertz CT molecular complexity index is 593. The van der Waals surface area contributed by atoms with E-state index in [1.165, 1.54) is 0 Å². The molecule has 1 aromatic carbocycles. The van der Waals surface area contributed by atoms with Crippen molar-refractivity contribution in [2.24, 2.45) is 5.73 Å². The molecule has 2 aromatic rings. The fourth-order valence-electron chi connectivity index (χ4n) is 1.64. The van der Waals surface area contributed by atoms with Crippen molar-refractivity contribution in [2.75, 3.05) is 0 Å². The molecule has 4 nitrogen and oxygen atoms in total. The van der Waals surface area contributed by atoms with Crippen LogP contribution in [0, 0.1) is 19.3 Å². The SMILES string of the molecule is Cc1ccc(Oc2cccnc2C)c(C(=N)N)c1. The molecule has 0 aliphatic rings. The lowest BCUT2D eigenvalue weighted by Crippen LogP contribution is -2.12. The number of ether oxygens (including phenoxy) is 1. The number of hydrogen-bond donors (Lipinski definition) is 2. The average molecular weight is 241 g/mol. The lowest BCUT2D eigenvalue weighted by molar-refractivity contribution is 0.474. The van der Waals surface area contributed by atoms with E-state index in [-0.39, 0.29) is 5.84 Å². The van der Waals surface area contributed by atoms with Crippen molar-refractivity contribution in [3.05, 3.63) is 53.3 Å². The Kier molecular flexibility index (Phi) is 3.28. The van der Waals surface area contributed by atoms with Crippen LogP contribution < -0.4 is 10.5 Å². The number of nitrogen functional groups attached to an aromatic ring is 1. The maximum Gasteiger partial charge on any atom is 0.148 e. The van der Waals surface area contributed by atoms with Gasteiger partial charge in [0.1, 0.15) is 17.3 Å². The summed E-state index contributed by atoms with van der Waals surface area (Å²) in [6.45, 7) is 3.82. The normalized spacial score (nSPS) is 10.1. The Labute approximate surface area is 106 Å². The number of hydrogen-bond acceptors (Lipinski definition) is 3. The van der Waals surface area contributed by atoms with Gasteiger partial charge in [0.15, 0.2) is 0 Å². The van der Waals surface area contributed by atoms with Crippen LogP contribution in [0.5, 0.6) is 11.5 Å². The zero-order chi connectivity index (χ0) is 13.1. The van der Waals surface area contributed by atoms with Crippen molar-refractivity contribution in [3.63, 3.8) is 0 Å². The highest BCUT2D eigenvalue weighted by Crippen LogP contribution is 2.27. The van der Waals surface area contributed by atoms with E-state index in [1.54, 1.807) is 6.20 Å². The molecular formula is C14H15N3O. The molecule has 3 N–H and O–H groups in total. The number of pyridine rings is 1. The van der Waals surface area contributed by atoms with Crippen LogP contribution in [0.25, 0.3) is 0 Å². The molecule has 1 aromatic heterocycles. The first-order chi connectivity index (χ1) is 8.58. The molecule has 0 amide bonds. The molecular weight excluding hydrogens is 226 g/mol. The van der Waals surface area contributed by atoms with Crippen LogP contribution in [0.1, 0.15) is 16.8 Å². The number of nitrogens with zero attached hydrogens (tertiary/aromatic N) is 1. The molecule has 0 spiro atoms. The van der Waals surface area contributed by atoms with Crippen molar-refractivity contribution in [1.82, 2.24) is 4.98 Å². The van der Waals surface area contributed by atoms with Gasteiger partial charge in [-0.1, -0.05) is 11.6 Å². The van der Waals surface area contributed by atoms with Crippen LogP contribution in [0.4, 0.5) is 0 Å². The van der Waals surface area contributed by atoms with Gasteiger partial charge in [-0.2, -0.15) is 0 Å². The summed E-state index contributed by atoms with van der Waals surface area (Å²) in [5.74, 6) is 1.24. The zero-order valence-electron chi connectivity index (χ0n) is 10.4. The van der Waals surface area contributed by atoms with E-state index in [2.05, 4.69) is 4.98 Å². The second-order valence-corrected chi connectivity index (χ2v) is 4.10. The molecule has 0 saturated carbocycles. The number of rotatable bonds is 3. The lowest BCUT2D eigenvalue weighted by Gasteiger charge is -2.12. The molecule has 0 aliphatic carbocycles. The van der Waals surface area contributed by atoms with Crippen LogP contribution in [-0.4, -0.2) is 10.8 Å². The third kappa shape index (κ3) is 2.48. The minimum absolute atomic E-state index is 0.00440. The predicted molar refractivity (Wildman–Crippen MR) is 71.2 cm³/mol. The van der Waals surface area contributed by atoms with E-state index in [1.807, 2.05) is 44.2 Å². The Balaban J connectivity index is 2.41. The molecule has 0 radical (unpaired) electrons. The molecule has 0 bridgehead atoms. The van der Waals surface area contributed by atoms with Gasteiger partial charge < -0.3 is 10.5 Å². The van der Waals surface area contributed by atoms with Crippen LogP contribution in [-0.2, 0) is 0 Å². The van der Waals surface area contributed by atoms with Crippen LogP contribution in [0.2, 0.25) is 0 Å². The van der Waals surface area contributed by atoms with Crippen LogP contribution in [0.15, 0.2) is 36.5 Å². The van der Waals surface area contributed by atoms with E-state index in [0.717, 1.165) is 11.3 Å². The standard InChI is InChI=1S/C14H15N3O/c1-9-5-6-13(11(8-9)14(15)16)18-12-4-3-7-17-10(12)2/h3-8H,1-2H3,(H3,15,16). The Morgan fingerprint density at radius 2 is 2.00 bits per heavy atom. The minimum Gasteiger partial charge on any atom is -0.455 e. The van der Waals surface area contributed by atoms with Gasteiger partial charge >= 0.3 is 0 Å². The third-order valence-electron chi connectivity index (χ3n) is 2.60. The molecule has 4 heteroatoms. The molecule has 92 valence electrons. The molecule has 2 rings (SSSR count). The first-order valence-corrected chi connectivity index (χ1v) is 5.62. The number of nitrogens with one attached hydrogen (secondary N) is 1. The number of aryl methyl sites for hydroxylation is 2.